The Morgan fingerprint density at radius 1 is 1.40 bits per heavy atom. The van der Waals surface area contributed by atoms with E-state index in [4.69, 9.17) is 35.4 Å². The topological polar surface area (TPSA) is 24.1 Å². The zero-order valence-corrected chi connectivity index (χ0v) is 10.2. The van der Waals surface area contributed by atoms with E-state index in [1.807, 2.05) is 0 Å². The van der Waals surface area contributed by atoms with Crippen LogP contribution in [-0.4, -0.2) is 11.7 Å². The number of hydrogen-bond donors (Lipinski definition) is 2. The largest absolute Gasteiger partial charge is 0.359 e. The van der Waals surface area contributed by atoms with Crippen molar-refractivity contribution in [3.63, 3.8) is 0 Å². The van der Waals surface area contributed by atoms with Crippen LogP contribution in [0.3, 0.4) is 0 Å². The van der Waals surface area contributed by atoms with Gasteiger partial charge in [0.05, 0.1) is 10.0 Å². The van der Waals surface area contributed by atoms with E-state index in [-0.39, 0.29) is 0 Å². The minimum absolute atomic E-state index is 0.494. The van der Waals surface area contributed by atoms with Crippen LogP contribution in [0.25, 0.3) is 0 Å². The maximum Gasteiger partial charge on any atom is 0.171 e. The second-order valence-electron chi connectivity index (χ2n) is 2.75. The number of halogens is 2. The molecule has 0 aliphatic carbocycles. The Labute approximate surface area is 104 Å². The summed E-state index contributed by atoms with van der Waals surface area (Å²) in [5.41, 5.74) is 0.797. The molecule has 1 aromatic carbocycles. The molecule has 0 amide bonds. The first kappa shape index (κ1) is 12.3. The highest BCUT2D eigenvalue weighted by molar-refractivity contribution is 7.80. The normalized spacial score (nSPS) is 9.47. The van der Waals surface area contributed by atoms with E-state index in [0.29, 0.717) is 21.7 Å². The van der Waals surface area contributed by atoms with Gasteiger partial charge in [-0.1, -0.05) is 29.3 Å². The molecule has 0 saturated heterocycles. The summed E-state index contributed by atoms with van der Waals surface area (Å²) in [6, 6.07) is 5.23. The van der Waals surface area contributed by atoms with Gasteiger partial charge < -0.3 is 10.6 Å². The maximum atomic E-state index is 5.85. The van der Waals surface area contributed by atoms with Gasteiger partial charge in [0.2, 0.25) is 0 Å². The molecule has 5 heteroatoms. The van der Waals surface area contributed by atoms with E-state index >= 15 is 0 Å². The second-order valence-corrected chi connectivity index (χ2v) is 3.98. The molecule has 0 bridgehead atoms. The molecule has 0 atom stereocenters. The van der Waals surface area contributed by atoms with Crippen molar-refractivity contribution in [1.82, 2.24) is 5.32 Å². The maximum absolute atomic E-state index is 5.85. The van der Waals surface area contributed by atoms with E-state index in [1.165, 1.54) is 0 Å². The van der Waals surface area contributed by atoms with Gasteiger partial charge >= 0.3 is 0 Å². The fourth-order valence-electron chi connectivity index (χ4n) is 0.914. The highest BCUT2D eigenvalue weighted by atomic mass is 35.5. The third kappa shape index (κ3) is 4.08. The predicted molar refractivity (Wildman–Crippen MR) is 70.9 cm³/mol. The van der Waals surface area contributed by atoms with E-state index in [0.717, 1.165) is 5.69 Å². The van der Waals surface area contributed by atoms with Crippen molar-refractivity contribution in [2.75, 3.05) is 11.9 Å². The Kier molecular flexibility index (Phi) is 4.88. The lowest BCUT2D eigenvalue weighted by molar-refractivity contribution is 1.06. The number of anilines is 1. The van der Waals surface area contributed by atoms with Gasteiger partial charge in [0.15, 0.2) is 5.11 Å². The van der Waals surface area contributed by atoms with Gasteiger partial charge in [-0.15, -0.1) is 6.58 Å². The van der Waals surface area contributed by atoms with Crippen molar-refractivity contribution in [3.8, 4) is 0 Å². The summed E-state index contributed by atoms with van der Waals surface area (Å²) < 4.78 is 0. The highest BCUT2D eigenvalue weighted by Crippen LogP contribution is 2.24. The average molecular weight is 261 g/mol. The fraction of sp³-hybridized carbons (Fsp3) is 0.100. The Hall–Kier alpha value is -0.770. The quantitative estimate of drug-likeness (QED) is 0.643. The van der Waals surface area contributed by atoms with Crippen LogP contribution in [0.1, 0.15) is 0 Å². The molecule has 0 aliphatic heterocycles. The molecule has 0 spiro atoms. The zero-order chi connectivity index (χ0) is 11.3. The Balaban J connectivity index is 2.60. The van der Waals surface area contributed by atoms with Crippen LogP contribution in [0.15, 0.2) is 30.9 Å². The van der Waals surface area contributed by atoms with Crippen LogP contribution in [0.4, 0.5) is 5.69 Å². The van der Waals surface area contributed by atoms with Crippen LogP contribution in [0.5, 0.6) is 0 Å². The van der Waals surface area contributed by atoms with E-state index < -0.39 is 0 Å². The molecule has 15 heavy (non-hydrogen) atoms. The first-order valence-corrected chi connectivity index (χ1v) is 5.40. The van der Waals surface area contributed by atoms with Crippen LogP contribution in [-0.2, 0) is 0 Å². The van der Waals surface area contributed by atoms with E-state index in [9.17, 15) is 0 Å². The SMILES string of the molecule is C=CCNC(=S)Nc1ccc(Cl)c(Cl)c1. The smallest absolute Gasteiger partial charge is 0.171 e. The first-order valence-electron chi connectivity index (χ1n) is 4.24. The summed E-state index contributed by atoms with van der Waals surface area (Å²) in [6.07, 6.45) is 1.73. The standard InChI is InChI=1S/C10H10Cl2N2S/c1-2-5-13-10(15)14-7-3-4-8(11)9(12)6-7/h2-4,6H,1,5H2,(H2,13,14,15). The minimum Gasteiger partial charge on any atom is -0.359 e. The molecular weight excluding hydrogens is 251 g/mol. The number of nitrogens with one attached hydrogen (secondary N) is 2. The van der Waals surface area contributed by atoms with Gasteiger partial charge in [0, 0.05) is 12.2 Å². The fourth-order valence-corrected chi connectivity index (χ4v) is 1.41. The third-order valence-corrected chi connectivity index (χ3v) is 2.57. The Morgan fingerprint density at radius 2 is 2.13 bits per heavy atom. The van der Waals surface area contributed by atoms with Crippen LogP contribution >= 0.6 is 35.4 Å². The molecule has 0 unspecified atom stereocenters. The molecular formula is C10H10Cl2N2S. The molecule has 0 aliphatic rings. The zero-order valence-electron chi connectivity index (χ0n) is 7.89. The number of thiocarbonyl (C=S) groups is 1. The molecule has 0 aromatic heterocycles. The molecule has 0 fully saturated rings. The monoisotopic (exact) mass is 260 g/mol. The molecule has 80 valence electrons. The van der Waals surface area contributed by atoms with Crippen molar-refractivity contribution >= 4 is 46.2 Å². The third-order valence-electron chi connectivity index (χ3n) is 1.58. The second kappa shape index (κ2) is 5.95. The Bertz CT molecular complexity index is 380. The van der Waals surface area contributed by atoms with Crippen molar-refractivity contribution in [2.45, 2.75) is 0 Å². The summed E-state index contributed by atoms with van der Waals surface area (Å²) in [5.74, 6) is 0. The number of rotatable bonds is 3. The summed E-state index contributed by atoms with van der Waals surface area (Å²) in [7, 11) is 0. The first-order chi connectivity index (χ1) is 7.13. The van der Waals surface area contributed by atoms with Crippen LogP contribution < -0.4 is 10.6 Å². The predicted octanol–water partition coefficient (Wildman–Crippen LogP) is 3.47. The molecule has 1 rings (SSSR count). The van der Waals surface area contributed by atoms with Crippen molar-refractivity contribution in [1.29, 1.82) is 0 Å². The lowest BCUT2D eigenvalue weighted by Crippen LogP contribution is -2.28. The van der Waals surface area contributed by atoms with Gasteiger partial charge in [0.25, 0.3) is 0 Å². The Morgan fingerprint density at radius 3 is 2.73 bits per heavy atom. The summed E-state index contributed by atoms with van der Waals surface area (Å²) in [4.78, 5) is 0. The van der Waals surface area contributed by atoms with Gasteiger partial charge in [-0.25, -0.2) is 0 Å². The van der Waals surface area contributed by atoms with Crippen molar-refractivity contribution in [3.05, 3.63) is 40.9 Å². The summed E-state index contributed by atoms with van der Waals surface area (Å²) in [5, 5.41) is 7.45. The lowest BCUT2D eigenvalue weighted by Gasteiger charge is -2.09. The lowest BCUT2D eigenvalue weighted by atomic mass is 10.3. The van der Waals surface area contributed by atoms with E-state index in [1.54, 1.807) is 24.3 Å². The summed E-state index contributed by atoms with van der Waals surface area (Å²) in [6.45, 7) is 4.20. The average Bonchev–Trinajstić information content (AvgIpc) is 2.20. The molecule has 0 saturated carbocycles. The van der Waals surface area contributed by atoms with Crippen LogP contribution in [0.2, 0.25) is 10.0 Å². The highest BCUT2D eigenvalue weighted by Gasteiger charge is 2.00. The molecule has 2 N–H and O–H groups in total. The number of hydrogen-bond acceptors (Lipinski definition) is 1. The molecule has 1 aromatic rings. The van der Waals surface area contributed by atoms with Crippen molar-refractivity contribution < 1.29 is 0 Å². The number of benzene rings is 1. The summed E-state index contributed by atoms with van der Waals surface area (Å²) >= 11 is 16.7. The molecule has 0 heterocycles. The van der Waals surface area contributed by atoms with Crippen molar-refractivity contribution in [2.24, 2.45) is 0 Å². The van der Waals surface area contributed by atoms with Gasteiger partial charge in [-0.05, 0) is 30.4 Å². The molecule has 0 radical (unpaired) electrons. The van der Waals surface area contributed by atoms with Crippen LogP contribution in [0, 0.1) is 0 Å². The van der Waals surface area contributed by atoms with Gasteiger partial charge in [0.1, 0.15) is 0 Å². The van der Waals surface area contributed by atoms with Gasteiger partial charge in [-0.3, -0.25) is 0 Å². The minimum atomic E-state index is 0.494. The van der Waals surface area contributed by atoms with E-state index in [2.05, 4.69) is 17.2 Å². The van der Waals surface area contributed by atoms with Gasteiger partial charge in [-0.2, -0.15) is 0 Å². The molecule has 2 nitrogen and oxygen atoms in total.